The summed E-state index contributed by atoms with van der Waals surface area (Å²) in [5.41, 5.74) is 4.02. The summed E-state index contributed by atoms with van der Waals surface area (Å²) in [6.45, 7) is 1.89. The number of carbonyl (C=O) groups excluding carboxylic acids is 1. The standard InChI is InChI=1S/C21H16Cl2N4O2/c1-12-9-19-20(26-27(25-19)14-4-6-15(29-2)7-5-14)11-18(12)24-21(28)16-8-3-13(22)10-17(16)23/h3-11H,1-2H3,(H,24,28). The molecule has 0 atom stereocenters. The fraction of sp³-hybridized carbons (Fsp3) is 0.0952. The van der Waals surface area contributed by atoms with Crippen LogP contribution in [0.25, 0.3) is 16.7 Å². The van der Waals surface area contributed by atoms with E-state index in [0.717, 1.165) is 22.5 Å². The van der Waals surface area contributed by atoms with Gasteiger partial charge in [0.1, 0.15) is 16.8 Å². The Morgan fingerprint density at radius 3 is 2.34 bits per heavy atom. The molecule has 0 aliphatic heterocycles. The molecule has 8 heteroatoms. The van der Waals surface area contributed by atoms with E-state index in [0.29, 0.717) is 26.8 Å². The Hall–Kier alpha value is -3.09. The number of hydrogen-bond donors (Lipinski definition) is 1. The number of ether oxygens (including phenoxy) is 1. The minimum Gasteiger partial charge on any atom is -0.497 e. The van der Waals surface area contributed by atoms with Gasteiger partial charge in [-0.05, 0) is 67.1 Å². The lowest BCUT2D eigenvalue weighted by molar-refractivity contribution is 0.102. The fourth-order valence-electron chi connectivity index (χ4n) is 2.90. The molecule has 0 saturated carbocycles. The molecule has 0 spiro atoms. The molecule has 4 rings (SSSR count). The second kappa shape index (κ2) is 7.73. The van der Waals surface area contributed by atoms with Gasteiger partial charge in [-0.1, -0.05) is 23.2 Å². The van der Waals surface area contributed by atoms with Crippen LogP contribution >= 0.6 is 23.2 Å². The summed E-state index contributed by atoms with van der Waals surface area (Å²) >= 11 is 12.0. The number of halogens is 2. The largest absolute Gasteiger partial charge is 0.497 e. The topological polar surface area (TPSA) is 69.0 Å². The van der Waals surface area contributed by atoms with E-state index in [1.54, 1.807) is 30.1 Å². The summed E-state index contributed by atoms with van der Waals surface area (Å²) in [5, 5.41) is 12.7. The lowest BCUT2D eigenvalue weighted by Gasteiger charge is -2.09. The molecule has 1 amide bonds. The van der Waals surface area contributed by atoms with Gasteiger partial charge in [0.05, 0.1) is 23.4 Å². The molecular formula is C21H16Cl2N4O2. The van der Waals surface area contributed by atoms with Gasteiger partial charge >= 0.3 is 0 Å². The Bertz CT molecular complexity index is 1220. The van der Waals surface area contributed by atoms with Crippen molar-refractivity contribution in [3.8, 4) is 11.4 Å². The fourth-order valence-corrected chi connectivity index (χ4v) is 3.39. The third-order valence-electron chi connectivity index (χ3n) is 4.45. The summed E-state index contributed by atoms with van der Waals surface area (Å²) in [6.07, 6.45) is 0. The van der Waals surface area contributed by atoms with E-state index in [4.69, 9.17) is 27.9 Å². The van der Waals surface area contributed by atoms with Crippen LogP contribution in [0.1, 0.15) is 15.9 Å². The number of aromatic nitrogens is 3. The first-order valence-electron chi connectivity index (χ1n) is 8.73. The summed E-state index contributed by atoms with van der Waals surface area (Å²) in [4.78, 5) is 14.2. The molecule has 0 fully saturated rings. The van der Waals surface area contributed by atoms with Crippen LogP contribution in [0.3, 0.4) is 0 Å². The van der Waals surface area contributed by atoms with Crippen molar-refractivity contribution in [2.75, 3.05) is 12.4 Å². The molecule has 6 nitrogen and oxygen atoms in total. The highest BCUT2D eigenvalue weighted by molar-refractivity contribution is 6.37. The molecule has 29 heavy (non-hydrogen) atoms. The van der Waals surface area contributed by atoms with E-state index in [-0.39, 0.29) is 5.91 Å². The molecule has 0 saturated heterocycles. The van der Waals surface area contributed by atoms with Gasteiger partial charge in [0.25, 0.3) is 5.91 Å². The van der Waals surface area contributed by atoms with Crippen molar-refractivity contribution in [1.29, 1.82) is 0 Å². The number of rotatable bonds is 4. The minimum atomic E-state index is -0.323. The SMILES string of the molecule is COc1ccc(-n2nc3cc(C)c(NC(=O)c4ccc(Cl)cc4Cl)cc3n2)cc1. The van der Waals surface area contributed by atoms with Crippen LogP contribution in [0, 0.1) is 6.92 Å². The summed E-state index contributed by atoms with van der Waals surface area (Å²) in [7, 11) is 1.62. The summed E-state index contributed by atoms with van der Waals surface area (Å²) in [5.74, 6) is 0.434. The molecule has 146 valence electrons. The normalized spacial score (nSPS) is 10.9. The third-order valence-corrected chi connectivity index (χ3v) is 5.00. The van der Waals surface area contributed by atoms with Crippen molar-refractivity contribution in [1.82, 2.24) is 15.0 Å². The van der Waals surface area contributed by atoms with Crippen molar-refractivity contribution in [3.05, 3.63) is 75.8 Å². The highest BCUT2D eigenvalue weighted by Crippen LogP contribution is 2.25. The Balaban J connectivity index is 1.65. The van der Waals surface area contributed by atoms with Crippen LogP contribution in [0.5, 0.6) is 5.75 Å². The van der Waals surface area contributed by atoms with Gasteiger partial charge in [0, 0.05) is 10.7 Å². The van der Waals surface area contributed by atoms with Crippen LogP contribution in [-0.4, -0.2) is 28.0 Å². The zero-order chi connectivity index (χ0) is 20.5. The zero-order valence-electron chi connectivity index (χ0n) is 15.6. The van der Waals surface area contributed by atoms with E-state index < -0.39 is 0 Å². The quantitative estimate of drug-likeness (QED) is 0.480. The first-order valence-corrected chi connectivity index (χ1v) is 9.49. The molecule has 1 aromatic heterocycles. The zero-order valence-corrected chi connectivity index (χ0v) is 17.1. The summed E-state index contributed by atoms with van der Waals surface area (Å²) < 4.78 is 5.18. The van der Waals surface area contributed by atoms with E-state index >= 15 is 0 Å². The minimum absolute atomic E-state index is 0.291. The van der Waals surface area contributed by atoms with Gasteiger partial charge in [0.2, 0.25) is 0 Å². The summed E-state index contributed by atoms with van der Waals surface area (Å²) in [6, 6.07) is 15.8. The Labute approximate surface area is 177 Å². The van der Waals surface area contributed by atoms with E-state index in [1.807, 2.05) is 37.3 Å². The molecule has 1 N–H and O–H groups in total. The molecule has 0 radical (unpaired) electrons. The predicted molar refractivity (Wildman–Crippen MR) is 115 cm³/mol. The Morgan fingerprint density at radius 2 is 1.69 bits per heavy atom. The van der Waals surface area contributed by atoms with Crippen molar-refractivity contribution in [2.24, 2.45) is 0 Å². The second-order valence-electron chi connectivity index (χ2n) is 6.42. The average Bonchev–Trinajstić information content (AvgIpc) is 3.11. The lowest BCUT2D eigenvalue weighted by Crippen LogP contribution is -2.13. The number of anilines is 1. The van der Waals surface area contributed by atoms with Crippen molar-refractivity contribution in [2.45, 2.75) is 6.92 Å². The van der Waals surface area contributed by atoms with Crippen LogP contribution in [0.15, 0.2) is 54.6 Å². The van der Waals surface area contributed by atoms with Crippen LogP contribution in [-0.2, 0) is 0 Å². The number of amides is 1. The molecule has 0 unspecified atom stereocenters. The van der Waals surface area contributed by atoms with Crippen LogP contribution in [0.4, 0.5) is 5.69 Å². The van der Waals surface area contributed by atoms with Gasteiger partial charge in [-0.3, -0.25) is 4.79 Å². The maximum Gasteiger partial charge on any atom is 0.257 e. The van der Waals surface area contributed by atoms with Gasteiger partial charge in [-0.2, -0.15) is 4.80 Å². The number of methoxy groups -OCH3 is 1. The van der Waals surface area contributed by atoms with Gasteiger partial charge < -0.3 is 10.1 Å². The number of nitrogens with one attached hydrogen (secondary N) is 1. The van der Waals surface area contributed by atoms with Gasteiger partial charge in [-0.25, -0.2) is 0 Å². The number of benzene rings is 3. The molecule has 3 aromatic carbocycles. The molecule has 0 aliphatic carbocycles. The Morgan fingerprint density at radius 1 is 1.00 bits per heavy atom. The number of nitrogens with zero attached hydrogens (tertiary/aromatic N) is 3. The van der Waals surface area contributed by atoms with E-state index in [1.165, 1.54) is 6.07 Å². The second-order valence-corrected chi connectivity index (χ2v) is 7.27. The first-order chi connectivity index (χ1) is 13.9. The smallest absolute Gasteiger partial charge is 0.257 e. The van der Waals surface area contributed by atoms with E-state index in [9.17, 15) is 4.79 Å². The highest BCUT2D eigenvalue weighted by Gasteiger charge is 2.14. The Kier molecular flexibility index (Phi) is 5.13. The highest BCUT2D eigenvalue weighted by atomic mass is 35.5. The third kappa shape index (κ3) is 3.90. The number of carbonyl (C=O) groups is 1. The van der Waals surface area contributed by atoms with Gasteiger partial charge in [-0.15, -0.1) is 10.2 Å². The van der Waals surface area contributed by atoms with Crippen LogP contribution < -0.4 is 10.1 Å². The van der Waals surface area contributed by atoms with Crippen molar-refractivity contribution >= 4 is 45.8 Å². The maximum absolute atomic E-state index is 12.6. The maximum atomic E-state index is 12.6. The van der Waals surface area contributed by atoms with Crippen molar-refractivity contribution < 1.29 is 9.53 Å². The number of aryl methyl sites for hydroxylation is 1. The van der Waals surface area contributed by atoms with Crippen LogP contribution in [0.2, 0.25) is 10.0 Å². The molecular weight excluding hydrogens is 411 g/mol. The molecule has 0 aliphatic rings. The lowest BCUT2D eigenvalue weighted by atomic mass is 10.1. The molecule has 4 aromatic rings. The first kappa shape index (κ1) is 19.2. The predicted octanol–water partition coefficient (Wildman–Crippen LogP) is 5.30. The monoisotopic (exact) mass is 426 g/mol. The number of fused-ring (bicyclic) bond motifs is 1. The van der Waals surface area contributed by atoms with Gasteiger partial charge in [0.15, 0.2) is 0 Å². The molecule has 0 bridgehead atoms. The molecule has 1 heterocycles. The van der Waals surface area contributed by atoms with E-state index in [2.05, 4.69) is 15.5 Å². The number of hydrogen-bond acceptors (Lipinski definition) is 4. The van der Waals surface area contributed by atoms with Crippen molar-refractivity contribution in [3.63, 3.8) is 0 Å². The average molecular weight is 427 g/mol.